The van der Waals surface area contributed by atoms with E-state index in [1.807, 2.05) is 24.3 Å². The van der Waals surface area contributed by atoms with Gasteiger partial charge in [-0.2, -0.15) is 0 Å². The average molecular weight is 296 g/mol. The summed E-state index contributed by atoms with van der Waals surface area (Å²) >= 11 is 1.39. The molecule has 0 saturated heterocycles. The molecule has 1 aliphatic rings. The molecule has 1 amide bonds. The molecule has 0 radical (unpaired) electrons. The van der Waals surface area contributed by atoms with Crippen LogP contribution < -0.4 is 5.32 Å². The lowest BCUT2D eigenvalue weighted by Crippen LogP contribution is -2.16. The first-order chi connectivity index (χ1) is 10.3. The molecule has 6 heteroatoms. The predicted octanol–water partition coefficient (Wildman–Crippen LogP) is 3.22. The topological polar surface area (TPSA) is 67.8 Å². The fourth-order valence-electron chi connectivity index (χ4n) is 2.27. The zero-order valence-electron chi connectivity index (χ0n) is 11.1. The molecule has 0 aliphatic heterocycles. The molecule has 104 valence electrons. The highest BCUT2D eigenvalue weighted by molar-refractivity contribution is 7.14. The number of nitrogens with zero attached hydrogens (tertiary/aromatic N) is 3. The van der Waals surface area contributed by atoms with E-state index in [2.05, 4.69) is 20.3 Å². The lowest BCUT2D eigenvalue weighted by atomic mass is 10.2. The maximum Gasteiger partial charge on any atom is 0.276 e. The summed E-state index contributed by atoms with van der Waals surface area (Å²) in [6, 6.07) is 7.64. The summed E-state index contributed by atoms with van der Waals surface area (Å²) in [6.07, 6.45) is 3.79. The molecule has 0 spiro atoms. The van der Waals surface area contributed by atoms with Crippen molar-refractivity contribution >= 4 is 33.3 Å². The molecule has 0 atom stereocenters. The van der Waals surface area contributed by atoms with Crippen LogP contribution in [0.25, 0.3) is 11.0 Å². The number of amides is 1. The number of nitrogens with one attached hydrogen (secondary N) is 1. The van der Waals surface area contributed by atoms with Gasteiger partial charge < -0.3 is 5.32 Å². The summed E-state index contributed by atoms with van der Waals surface area (Å²) in [5.41, 5.74) is 4.52. The van der Waals surface area contributed by atoms with Gasteiger partial charge in [-0.1, -0.05) is 12.1 Å². The third-order valence-corrected chi connectivity index (χ3v) is 4.13. The number of aromatic nitrogens is 3. The zero-order valence-corrected chi connectivity index (χ0v) is 11.9. The van der Waals surface area contributed by atoms with E-state index in [-0.39, 0.29) is 5.91 Å². The van der Waals surface area contributed by atoms with E-state index in [9.17, 15) is 4.79 Å². The molecule has 3 aromatic rings. The van der Waals surface area contributed by atoms with Gasteiger partial charge in [-0.05, 0) is 25.0 Å². The Labute approximate surface area is 125 Å². The summed E-state index contributed by atoms with van der Waals surface area (Å²) in [4.78, 5) is 25.6. The highest BCUT2D eigenvalue weighted by Gasteiger charge is 2.31. The van der Waals surface area contributed by atoms with E-state index in [0.717, 1.165) is 34.6 Å². The summed E-state index contributed by atoms with van der Waals surface area (Å²) in [7, 11) is 0. The van der Waals surface area contributed by atoms with Crippen LogP contribution in [0, 0.1) is 0 Å². The number of hydrogen-bond donors (Lipinski definition) is 1. The van der Waals surface area contributed by atoms with Gasteiger partial charge in [0, 0.05) is 5.92 Å². The molecule has 1 saturated carbocycles. The number of para-hydroxylation sites is 2. The minimum atomic E-state index is -0.209. The van der Waals surface area contributed by atoms with Crippen LogP contribution in [0.15, 0.2) is 36.0 Å². The fourth-order valence-corrected chi connectivity index (χ4v) is 2.78. The van der Waals surface area contributed by atoms with Crippen molar-refractivity contribution in [2.75, 3.05) is 5.32 Å². The van der Waals surface area contributed by atoms with E-state index in [4.69, 9.17) is 0 Å². The lowest BCUT2D eigenvalue weighted by Gasteiger charge is -2.08. The van der Waals surface area contributed by atoms with Crippen LogP contribution in [0.5, 0.6) is 0 Å². The summed E-state index contributed by atoms with van der Waals surface area (Å²) < 4.78 is 0. The van der Waals surface area contributed by atoms with Crippen molar-refractivity contribution in [3.05, 3.63) is 47.4 Å². The highest BCUT2D eigenvalue weighted by Crippen LogP contribution is 2.40. The first-order valence-corrected chi connectivity index (χ1v) is 7.66. The SMILES string of the molecule is O=C(Nc1cncs1)c1nc2ccccc2nc1C1CC1. The summed E-state index contributed by atoms with van der Waals surface area (Å²) in [5, 5.41) is 3.56. The van der Waals surface area contributed by atoms with E-state index >= 15 is 0 Å². The third kappa shape index (κ3) is 2.38. The molecule has 21 heavy (non-hydrogen) atoms. The number of carbonyl (C=O) groups excluding carboxylic acids is 1. The molecular formula is C15H12N4OS. The van der Waals surface area contributed by atoms with E-state index in [1.165, 1.54) is 11.3 Å². The molecule has 1 N–H and O–H groups in total. The fraction of sp³-hybridized carbons (Fsp3) is 0.200. The second-order valence-corrected chi connectivity index (χ2v) is 5.93. The van der Waals surface area contributed by atoms with Gasteiger partial charge in [0.15, 0.2) is 5.69 Å². The van der Waals surface area contributed by atoms with Crippen molar-refractivity contribution in [3.8, 4) is 0 Å². The Kier molecular flexibility index (Phi) is 2.89. The highest BCUT2D eigenvalue weighted by atomic mass is 32.1. The lowest BCUT2D eigenvalue weighted by molar-refractivity contribution is 0.102. The Balaban J connectivity index is 1.78. The van der Waals surface area contributed by atoms with E-state index < -0.39 is 0 Å². The summed E-state index contributed by atoms with van der Waals surface area (Å²) in [6.45, 7) is 0. The monoisotopic (exact) mass is 296 g/mol. The van der Waals surface area contributed by atoms with Crippen molar-refractivity contribution in [1.29, 1.82) is 0 Å². The molecule has 1 aliphatic carbocycles. The van der Waals surface area contributed by atoms with Crippen molar-refractivity contribution in [1.82, 2.24) is 15.0 Å². The van der Waals surface area contributed by atoms with Crippen LogP contribution in [-0.4, -0.2) is 20.9 Å². The number of thiazole rings is 1. The van der Waals surface area contributed by atoms with Gasteiger partial charge in [-0.3, -0.25) is 9.78 Å². The van der Waals surface area contributed by atoms with Gasteiger partial charge in [0.05, 0.1) is 28.4 Å². The van der Waals surface area contributed by atoms with Crippen molar-refractivity contribution in [3.63, 3.8) is 0 Å². The molecule has 0 unspecified atom stereocenters. The standard InChI is InChI=1S/C15H12N4OS/c20-15(19-12-7-16-8-21-12)14-13(9-5-6-9)17-10-3-1-2-4-11(10)18-14/h1-4,7-9H,5-6H2,(H,19,20). The van der Waals surface area contributed by atoms with Crippen LogP contribution in [0.1, 0.15) is 34.9 Å². The quantitative estimate of drug-likeness (QED) is 0.806. The Morgan fingerprint density at radius 3 is 2.62 bits per heavy atom. The molecular weight excluding hydrogens is 284 g/mol. The zero-order chi connectivity index (χ0) is 14.2. The number of carbonyl (C=O) groups is 1. The number of rotatable bonds is 3. The van der Waals surface area contributed by atoms with Gasteiger partial charge in [-0.15, -0.1) is 11.3 Å². The Hall–Kier alpha value is -2.34. The van der Waals surface area contributed by atoms with Crippen LogP contribution in [-0.2, 0) is 0 Å². The third-order valence-electron chi connectivity index (χ3n) is 3.45. The van der Waals surface area contributed by atoms with Crippen LogP contribution in [0.3, 0.4) is 0 Å². The minimum absolute atomic E-state index is 0.209. The number of fused-ring (bicyclic) bond motifs is 1. The van der Waals surface area contributed by atoms with E-state index in [0.29, 0.717) is 11.6 Å². The predicted molar refractivity (Wildman–Crippen MR) is 81.6 cm³/mol. The van der Waals surface area contributed by atoms with E-state index in [1.54, 1.807) is 11.7 Å². The Morgan fingerprint density at radius 1 is 1.19 bits per heavy atom. The molecule has 5 nitrogen and oxygen atoms in total. The van der Waals surface area contributed by atoms with Crippen LogP contribution >= 0.6 is 11.3 Å². The molecule has 1 fully saturated rings. The smallest absolute Gasteiger partial charge is 0.276 e. The van der Waals surface area contributed by atoms with Crippen molar-refractivity contribution in [2.24, 2.45) is 0 Å². The second kappa shape index (κ2) is 4.89. The second-order valence-electron chi connectivity index (χ2n) is 5.04. The van der Waals surface area contributed by atoms with Gasteiger partial charge in [0.25, 0.3) is 5.91 Å². The molecule has 0 bridgehead atoms. The minimum Gasteiger partial charge on any atom is -0.311 e. The normalized spacial score (nSPS) is 14.3. The molecule has 2 heterocycles. The summed E-state index contributed by atoms with van der Waals surface area (Å²) in [5.74, 6) is 0.156. The Bertz CT molecular complexity index is 812. The van der Waals surface area contributed by atoms with Crippen LogP contribution in [0.2, 0.25) is 0 Å². The van der Waals surface area contributed by atoms with Crippen LogP contribution in [0.4, 0.5) is 5.00 Å². The molecule has 1 aromatic carbocycles. The number of hydrogen-bond acceptors (Lipinski definition) is 5. The first-order valence-electron chi connectivity index (χ1n) is 6.78. The number of anilines is 1. The molecule has 2 aromatic heterocycles. The van der Waals surface area contributed by atoms with Gasteiger partial charge in [-0.25, -0.2) is 9.97 Å². The van der Waals surface area contributed by atoms with Gasteiger partial charge >= 0.3 is 0 Å². The maximum absolute atomic E-state index is 12.5. The van der Waals surface area contributed by atoms with Crippen molar-refractivity contribution < 1.29 is 4.79 Å². The molecule has 4 rings (SSSR count). The van der Waals surface area contributed by atoms with Gasteiger partial charge in [0.1, 0.15) is 5.00 Å². The first kappa shape index (κ1) is 12.4. The van der Waals surface area contributed by atoms with Gasteiger partial charge in [0.2, 0.25) is 0 Å². The Morgan fingerprint density at radius 2 is 1.95 bits per heavy atom. The van der Waals surface area contributed by atoms with Crippen molar-refractivity contribution in [2.45, 2.75) is 18.8 Å². The average Bonchev–Trinajstić information content (AvgIpc) is 3.24. The number of benzene rings is 1. The maximum atomic E-state index is 12.5. The largest absolute Gasteiger partial charge is 0.311 e.